The Labute approximate surface area is 160 Å². The quantitative estimate of drug-likeness (QED) is 0.818. The molecular weight excluding hydrogens is 350 g/mol. The maximum Gasteiger partial charge on any atom is 0.231 e. The maximum absolute atomic E-state index is 12.6. The second-order valence-electron chi connectivity index (χ2n) is 6.20. The monoisotopic (exact) mass is 373 g/mol. The maximum atomic E-state index is 12.6. The summed E-state index contributed by atoms with van der Waals surface area (Å²) in [6.07, 6.45) is 1.72. The van der Waals surface area contributed by atoms with Crippen molar-refractivity contribution in [1.82, 2.24) is 5.32 Å². The highest BCUT2D eigenvalue weighted by atomic mass is 35.5. The summed E-state index contributed by atoms with van der Waals surface area (Å²) in [4.78, 5) is 26.2. The number of para-hydroxylation sites is 1. The number of rotatable bonds is 6. The molecule has 3 rings (SSSR count). The standard InChI is InChI=1S/C20H23N3O2.ClH/c1-21-12-10-19(24)22-17-8-6-15(7-9-17)14-20(25)23-13-11-16-4-2-3-5-18(16)23;/h2-9,21H,10-14H2,1H3,(H,22,24);1H. The largest absolute Gasteiger partial charge is 0.326 e. The van der Waals surface area contributed by atoms with E-state index in [1.807, 2.05) is 54.4 Å². The van der Waals surface area contributed by atoms with Gasteiger partial charge in [-0.05, 0) is 42.8 Å². The number of carbonyl (C=O) groups excluding carboxylic acids is 2. The normalized spacial score (nSPS) is 12.3. The van der Waals surface area contributed by atoms with Gasteiger partial charge in [-0.3, -0.25) is 9.59 Å². The van der Waals surface area contributed by atoms with Crippen LogP contribution in [0.1, 0.15) is 17.5 Å². The fourth-order valence-corrected chi connectivity index (χ4v) is 3.04. The minimum Gasteiger partial charge on any atom is -0.326 e. The SMILES string of the molecule is CNCCC(=O)Nc1ccc(CC(=O)N2CCc3ccccc32)cc1.Cl. The Morgan fingerprint density at radius 2 is 1.81 bits per heavy atom. The van der Waals surface area contributed by atoms with Crippen LogP contribution in [0.3, 0.4) is 0 Å². The van der Waals surface area contributed by atoms with Gasteiger partial charge in [0.2, 0.25) is 11.8 Å². The zero-order chi connectivity index (χ0) is 17.6. The van der Waals surface area contributed by atoms with E-state index < -0.39 is 0 Å². The van der Waals surface area contributed by atoms with Crippen molar-refractivity contribution in [3.8, 4) is 0 Å². The first-order valence-electron chi connectivity index (χ1n) is 8.59. The van der Waals surface area contributed by atoms with Gasteiger partial charge in [-0.1, -0.05) is 30.3 Å². The molecule has 6 heteroatoms. The Kier molecular flexibility index (Phi) is 7.18. The molecule has 0 bridgehead atoms. The van der Waals surface area contributed by atoms with E-state index in [1.54, 1.807) is 0 Å². The lowest BCUT2D eigenvalue weighted by Gasteiger charge is -2.17. The van der Waals surface area contributed by atoms with Crippen LogP contribution >= 0.6 is 12.4 Å². The number of nitrogens with one attached hydrogen (secondary N) is 2. The van der Waals surface area contributed by atoms with Crippen molar-refractivity contribution in [1.29, 1.82) is 0 Å². The molecule has 138 valence electrons. The van der Waals surface area contributed by atoms with Crippen molar-refractivity contribution in [3.63, 3.8) is 0 Å². The average molecular weight is 374 g/mol. The zero-order valence-electron chi connectivity index (χ0n) is 14.8. The molecule has 0 radical (unpaired) electrons. The molecule has 0 aromatic heterocycles. The summed E-state index contributed by atoms with van der Waals surface area (Å²) < 4.78 is 0. The zero-order valence-corrected chi connectivity index (χ0v) is 15.6. The Hall–Kier alpha value is -2.37. The fourth-order valence-electron chi connectivity index (χ4n) is 3.04. The Bertz CT molecular complexity index is 762. The van der Waals surface area contributed by atoms with Crippen LogP contribution in [-0.4, -0.2) is 32.0 Å². The lowest BCUT2D eigenvalue weighted by atomic mass is 10.1. The van der Waals surface area contributed by atoms with Crippen LogP contribution in [-0.2, 0) is 22.4 Å². The molecule has 26 heavy (non-hydrogen) atoms. The molecule has 2 aromatic carbocycles. The molecule has 0 saturated carbocycles. The predicted octanol–water partition coefficient (Wildman–Crippen LogP) is 2.79. The highest BCUT2D eigenvalue weighted by molar-refractivity contribution is 5.97. The number of benzene rings is 2. The van der Waals surface area contributed by atoms with E-state index >= 15 is 0 Å². The summed E-state index contributed by atoms with van der Waals surface area (Å²) in [5.41, 5.74) is 3.96. The second kappa shape index (κ2) is 9.36. The molecule has 1 aliphatic rings. The number of carbonyl (C=O) groups is 2. The molecule has 2 aromatic rings. The molecule has 0 saturated heterocycles. The first-order valence-corrected chi connectivity index (χ1v) is 8.59. The van der Waals surface area contributed by atoms with E-state index in [-0.39, 0.29) is 24.2 Å². The lowest BCUT2D eigenvalue weighted by Crippen LogP contribution is -2.30. The Morgan fingerprint density at radius 1 is 1.08 bits per heavy atom. The van der Waals surface area contributed by atoms with Crippen LogP contribution in [0.25, 0.3) is 0 Å². The number of amides is 2. The van der Waals surface area contributed by atoms with E-state index in [1.165, 1.54) is 5.56 Å². The number of hydrogen-bond acceptors (Lipinski definition) is 3. The van der Waals surface area contributed by atoms with E-state index in [0.29, 0.717) is 19.4 Å². The third kappa shape index (κ3) is 4.84. The van der Waals surface area contributed by atoms with Crippen LogP contribution < -0.4 is 15.5 Å². The summed E-state index contributed by atoms with van der Waals surface area (Å²) in [6.45, 7) is 1.40. The molecule has 2 N–H and O–H groups in total. The summed E-state index contributed by atoms with van der Waals surface area (Å²) >= 11 is 0. The van der Waals surface area contributed by atoms with E-state index in [2.05, 4.69) is 16.7 Å². The second-order valence-corrected chi connectivity index (χ2v) is 6.20. The third-order valence-corrected chi connectivity index (χ3v) is 4.38. The Morgan fingerprint density at radius 3 is 2.54 bits per heavy atom. The summed E-state index contributed by atoms with van der Waals surface area (Å²) in [5, 5.41) is 5.80. The van der Waals surface area contributed by atoms with Crippen molar-refractivity contribution in [2.75, 3.05) is 30.4 Å². The summed E-state index contributed by atoms with van der Waals surface area (Å²) in [6, 6.07) is 15.5. The molecule has 0 atom stereocenters. The number of nitrogens with zero attached hydrogens (tertiary/aromatic N) is 1. The van der Waals surface area contributed by atoms with Gasteiger partial charge in [0.05, 0.1) is 6.42 Å². The minimum atomic E-state index is -0.0214. The summed E-state index contributed by atoms with van der Waals surface area (Å²) in [7, 11) is 1.82. The molecular formula is C20H24ClN3O2. The van der Waals surface area contributed by atoms with Crippen molar-refractivity contribution < 1.29 is 9.59 Å². The van der Waals surface area contributed by atoms with Gasteiger partial charge in [0.15, 0.2) is 0 Å². The van der Waals surface area contributed by atoms with Crippen LogP contribution in [0.15, 0.2) is 48.5 Å². The number of fused-ring (bicyclic) bond motifs is 1. The van der Waals surface area contributed by atoms with E-state index in [9.17, 15) is 9.59 Å². The van der Waals surface area contributed by atoms with Gasteiger partial charge in [0, 0.05) is 30.9 Å². The predicted molar refractivity (Wildman–Crippen MR) is 107 cm³/mol. The van der Waals surface area contributed by atoms with Gasteiger partial charge in [-0.2, -0.15) is 0 Å². The Balaban J connectivity index is 0.00000243. The average Bonchev–Trinajstić information content (AvgIpc) is 3.06. The molecule has 5 nitrogen and oxygen atoms in total. The van der Waals surface area contributed by atoms with Crippen molar-refractivity contribution in [2.24, 2.45) is 0 Å². The van der Waals surface area contributed by atoms with E-state index in [4.69, 9.17) is 0 Å². The van der Waals surface area contributed by atoms with Crippen molar-refractivity contribution in [2.45, 2.75) is 19.3 Å². The lowest BCUT2D eigenvalue weighted by molar-refractivity contribution is -0.118. The molecule has 0 fully saturated rings. The highest BCUT2D eigenvalue weighted by Gasteiger charge is 2.23. The molecule has 0 aliphatic carbocycles. The van der Waals surface area contributed by atoms with Gasteiger partial charge < -0.3 is 15.5 Å². The fraction of sp³-hybridized carbons (Fsp3) is 0.300. The van der Waals surface area contributed by atoms with Crippen LogP contribution in [0, 0.1) is 0 Å². The van der Waals surface area contributed by atoms with Gasteiger partial charge in [0.25, 0.3) is 0 Å². The molecule has 1 aliphatic heterocycles. The van der Waals surface area contributed by atoms with E-state index in [0.717, 1.165) is 29.9 Å². The van der Waals surface area contributed by atoms with Gasteiger partial charge in [-0.15, -0.1) is 12.4 Å². The number of halogens is 1. The van der Waals surface area contributed by atoms with Crippen LogP contribution in [0.2, 0.25) is 0 Å². The van der Waals surface area contributed by atoms with Crippen LogP contribution in [0.4, 0.5) is 11.4 Å². The molecule has 0 unspecified atom stereocenters. The third-order valence-electron chi connectivity index (χ3n) is 4.38. The molecule has 2 amide bonds. The summed E-state index contributed by atoms with van der Waals surface area (Å²) in [5.74, 6) is 0.0857. The number of hydrogen-bond donors (Lipinski definition) is 2. The number of anilines is 2. The molecule has 0 spiro atoms. The highest BCUT2D eigenvalue weighted by Crippen LogP contribution is 2.28. The van der Waals surface area contributed by atoms with Crippen LogP contribution in [0.5, 0.6) is 0 Å². The first-order chi connectivity index (χ1) is 12.2. The smallest absolute Gasteiger partial charge is 0.231 e. The van der Waals surface area contributed by atoms with Gasteiger partial charge >= 0.3 is 0 Å². The van der Waals surface area contributed by atoms with Gasteiger partial charge in [-0.25, -0.2) is 0 Å². The van der Waals surface area contributed by atoms with Crippen molar-refractivity contribution >= 4 is 35.6 Å². The molecule has 1 heterocycles. The topological polar surface area (TPSA) is 61.4 Å². The van der Waals surface area contributed by atoms with Gasteiger partial charge in [0.1, 0.15) is 0 Å². The first kappa shape index (κ1) is 19.9. The van der Waals surface area contributed by atoms with Crippen molar-refractivity contribution in [3.05, 3.63) is 59.7 Å². The minimum absolute atomic E-state index is 0.